The van der Waals surface area contributed by atoms with E-state index in [1.165, 1.54) is 19.2 Å². The second-order valence-electron chi connectivity index (χ2n) is 4.50. The van der Waals surface area contributed by atoms with E-state index in [9.17, 15) is 14.7 Å². The summed E-state index contributed by atoms with van der Waals surface area (Å²) in [7, 11) is 1.22. The number of aromatic nitrogens is 2. The van der Waals surface area contributed by atoms with Gasteiger partial charge in [-0.05, 0) is 19.1 Å². The fourth-order valence-corrected chi connectivity index (χ4v) is 1.80. The number of methoxy groups -OCH3 is 1. The van der Waals surface area contributed by atoms with E-state index in [-0.39, 0.29) is 23.9 Å². The molecule has 0 atom stereocenters. The summed E-state index contributed by atoms with van der Waals surface area (Å²) in [4.78, 5) is 27.0. The van der Waals surface area contributed by atoms with Gasteiger partial charge in [0.1, 0.15) is 18.1 Å². The average molecular weight is 304 g/mol. The molecule has 116 valence electrons. The van der Waals surface area contributed by atoms with Crippen molar-refractivity contribution in [3.63, 3.8) is 0 Å². The number of hydrogen-bond donors (Lipinski definition) is 3. The summed E-state index contributed by atoms with van der Waals surface area (Å²) >= 11 is 0. The van der Waals surface area contributed by atoms with Crippen LogP contribution < -0.4 is 10.6 Å². The van der Waals surface area contributed by atoms with Gasteiger partial charge in [0.25, 0.3) is 0 Å². The van der Waals surface area contributed by atoms with E-state index in [1.807, 2.05) is 0 Å². The van der Waals surface area contributed by atoms with Crippen LogP contribution in [0.25, 0.3) is 0 Å². The zero-order valence-electron chi connectivity index (χ0n) is 12.2. The van der Waals surface area contributed by atoms with Crippen molar-refractivity contribution in [3.8, 4) is 5.75 Å². The van der Waals surface area contributed by atoms with Crippen molar-refractivity contribution in [3.05, 3.63) is 36.4 Å². The van der Waals surface area contributed by atoms with Crippen molar-refractivity contribution in [2.45, 2.75) is 13.5 Å². The summed E-state index contributed by atoms with van der Waals surface area (Å²) in [5.74, 6) is 0.298. The lowest BCUT2D eigenvalue weighted by Crippen LogP contribution is -2.19. The highest BCUT2D eigenvalue weighted by atomic mass is 16.5. The lowest BCUT2D eigenvalue weighted by Gasteiger charge is -2.10. The van der Waals surface area contributed by atoms with Crippen molar-refractivity contribution in [1.82, 2.24) is 9.55 Å². The number of nitrogens with one attached hydrogen (secondary N) is 2. The second-order valence-corrected chi connectivity index (χ2v) is 4.50. The summed E-state index contributed by atoms with van der Waals surface area (Å²) < 4.78 is 6.13. The molecule has 0 aliphatic heterocycles. The van der Waals surface area contributed by atoms with Crippen molar-refractivity contribution in [1.29, 1.82) is 0 Å². The molecule has 2 rings (SSSR count). The molecule has 22 heavy (non-hydrogen) atoms. The minimum Gasteiger partial charge on any atom is -0.506 e. The first kappa shape index (κ1) is 15.4. The van der Waals surface area contributed by atoms with E-state index >= 15 is 0 Å². The van der Waals surface area contributed by atoms with E-state index in [1.54, 1.807) is 30.0 Å². The topological polar surface area (TPSA) is 105 Å². The molecule has 0 fully saturated rings. The fraction of sp³-hybridized carbons (Fsp3) is 0.214. The van der Waals surface area contributed by atoms with Crippen LogP contribution in [0.15, 0.2) is 30.6 Å². The monoisotopic (exact) mass is 304 g/mol. The van der Waals surface area contributed by atoms with Gasteiger partial charge in [0.2, 0.25) is 5.91 Å². The largest absolute Gasteiger partial charge is 0.506 e. The van der Waals surface area contributed by atoms with E-state index < -0.39 is 6.09 Å². The summed E-state index contributed by atoms with van der Waals surface area (Å²) in [6.45, 7) is 1.92. The number of imidazole rings is 1. The van der Waals surface area contributed by atoms with Crippen LogP contribution in [0.5, 0.6) is 5.75 Å². The Morgan fingerprint density at radius 2 is 2.14 bits per heavy atom. The number of carbonyl (C=O) groups excluding carboxylic acids is 2. The Kier molecular flexibility index (Phi) is 4.62. The molecule has 0 radical (unpaired) electrons. The van der Waals surface area contributed by atoms with Gasteiger partial charge < -0.3 is 19.7 Å². The minimum atomic E-state index is -0.692. The fourth-order valence-electron chi connectivity index (χ4n) is 1.80. The standard InChI is InChI=1S/C14H16N4O4/c1-9-15-5-6-18(9)8-13(20)16-10-3-4-11(12(19)7-10)17-14(21)22-2/h3-7,19H,8H2,1-2H3,(H,16,20)(H,17,21). The molecule has 8 nitrogen and oxygen atoms in total. The zero-order chi connectivity index (χ0) is 16.1. The number of rotatable bonds is 4. The van der Waals surface area contributed by atoms with Crippen LogP contribution in [-0.2, 0) is 16.1 Å². The minimum absolute atomic E-state index is 0.120. The molecule has 0 saturated heterocycles. The van der Waals surface area contributed by atoms with Gasteiger partial charge in [0.05, 0.1) is 12.8 Å². The summed E-state index contributed by atoms with van der Waals surface area (Å²) in [5.41, 5.74) is 0.603. The van der Waals surface area contributed by atoms with Gasteiger partial charge in [-0.3, -0.25) is 10.1 Å². The quantitative estimate of drug-likeness (QED) is 0.746. The maximum atomic E-state index is 11.9. The first-order chi connectivity index (χ1) is 10.5. The Hall–Kier alpha value is -3.03. The summed E-state index contributed by atoms with van der Waals surface area (Å²) in [5, 5.41) is 14.8. The Morgan fingerprint density at radius 1 is 1.36 bits per heavy atom. The van der Waals surface area contributed by atoms with Crippen LogP contribution >= 0.6 is 0 Å². The normalized spacial score (nSPS) is 10.1. The zero-order valence-corrected chi connectivity index (χ0v) is 12.2. The molecule has 1 aromatic heterocycles. The van der Waals surface area contributed by atoms with Gasteiger partial charge in [-0.25, -0.2) is 9.78 Å². The molecule has 1 aromatic carbocycles. The van der Waals surface area contributed by atoms with Crippen LogP contribution in [-0.4, -0.2) is 33.8 Å². The number of benzene rings is 1. The van der Waals surface area contributed by atoms with Crippen molar-refractivity contribution < 1.29 is 19.4 Å². The smallest absolute Gasteiger partial charge is 0.411 e. The average Bonchev–Trinajstić information content (AvgIpc) is 2.87. The van der Waals surface area contributed by atoms with Crippen molar-refractivity contribution in [2.24, 2.45) is 0 Å². The highest BCUT2D eigenvalue weighted by molar-refractivity contribution is 5.92. The molecule has 0 spiro atoms. The van der Waals surface area contributed by atoms with Gasteiger partial charge >= 0.3 is 6.09 Å². The van der Waals surface area contributed by atoms with Crippen LogP contribution in [0, 0.1) is 6.92 Å². The third-order valence-electron chi connectivity index (χ3n) is 2.94. The Labute approximate surface area is 126 Å². The van der Waals surface area contributed by atoms with E-state index in [2.05, 4.69) is 20.4 Å². The second kappa shape index (κ2) is 6.61. The van der Waals surface area contributed by atoms with Crippen LogP contribution in [0.1, 0.15) is 5.82 Å². The molecule has 0 aliphatic rings. The van der Waals surface area contributed by atoms with Gasteiger partial charge in [-0.1, -0.05) is 0 Å². The van der Waals surface area contributed by atoms with Crippen LogP contribution in [0.4, 0.5) is 16.2 Å². The number of phenols is 1. The van der Waals surface area contributed by atoms with Crippen LogP contribution in [0.2, 0.25) is 0 Å². The molecule has 3 N–H and O–H groups in total. The predicted molar refractivity (Wildman–Crippen MR) is 79.7 cm³/mol. The van der Waals surface area contributed by atoms with Crippen molar-refractivity contribution in [2.75, 3.05) is 17.7 Å². The first-order valence-electron chi connectivity index (χ1n) is 6.45. The SMILES string of the molecule is COC(=O)Nc1ccc(NC(=O)Cn2ccnc2C)cc1O. The third-order valence-corrected chi connectivity index (χ3v) is 2.94. The van der Waals surface area contributed by atoms with Gasteiger partial charge in [-0.15, -0.1) is 0 Å². The molecule has 0 saturated carbocycles. The third kappa shape index (κ3) is 3.75. The number of aryl methyl sites for hydroxylation is 1. The number of anilines is 2. The van der Waals surface area contributed by atoms with E-state index in [4.69, 9.17) is 0 Å². The number of nitrogens with zero attached hydrogens (tertiary/aromatic N) is 2. The first-order valence-corrected chi connectivity index (χ1v) is 6.45. The molecule has 0 bridgehead atoms. The molecule has 0 aliphatic carbocycles. The number of phenolic OH excluding ortho intramolecular Hbond substituents is 1. The van der Waals surface area contributed by atoms with Crippen LogP contribution in [0.3, 0.4) is 0 Å². The Bertz CT molecular complexity index is 696. The molecule has 2 aromatic rings. The molecule has 2 amide bonds. The lowest BCUT2D eigenvalue weighted by molar-refractivity contribution is -0.116. The number of amides is 2. The van der Waals surface area contributed by atoms with Crippen molar-refractivity contribution >= 4 is 23.4 Å². The van der Waals surface area contributed by atoms with E-state index in [0.29, 0.717) is 5.69 Å². The number of carbonyl (C=O) groups is 2. The summed E-state index contributed by atoms with van der Waals surface area (Å²) in [6.07, 6.45) is 2.62. The highest BCUT2D eigenvalue weighted by Gasteiger charge is 2.09. The van der Waals surface area contributed by atoms with Gasteiger partial charge in [0, 0.05) is 24.1 Å². The number of hydrogen-bond acceptors (Lipinski definition) is 5. The maximum absolute atomic E-state index is 11.9. The maximum Gasteiger partial charge on any atom is 0.411 e. The molecule has 0 unspecified atom stereocenters. The van der Waals surface area contributed by atoms with E-state index in [0.717, 1.165) is 5.82 Å². The highest BCUT2D eigenvalue weighted by Crippen LogP contribution is 2.26. The molecular formula is C14H16N4O4. The molecular weight excluding hydrogens is 288 g/mol. The van der Waals surface area contributed by atoms with Gasteiger partial charge in [0.15, 0.2) is 0 Å². The van der Waals surface area contributed by atoms with Gasteiger partial charge in [-0.2, -0.15) is 0 Å². The Morgan fingerprint density at radius 3 is 2.73 bits per heavy atom. The number of aromatic hydroxyl groups is 1. The lowest BCUT2D eigenvalue weighted by atomic mass is 10.2. The summed E-state index contributed by atoms with van der Waals surface area (Å²) in [6, 6.07) is 4.36. The molecule has 8 heteroatoms. The molecule has 1 heterocycles. The number of ether oxygens (including phenoxy) is 1. The Balaban J connectivity index is 2.01. The predicted octanol–water partition coefficient (Wildman–Crippen LogP) is 1.71.